The minimum Gasteiger partial charge on any atom is -0.319 e. The van der Waals surface area contributed by atoms with Gasteiger partial charge in [0.15, 0.2) is 0 Å². The number of nitrogens with two attached hydrogens (primary N) is 1. The SMILES string of the molecule is N[C@H](c1c(F)cc(Br)cc1F)C(F)(F)C(F)(F)F. The Bertz CT molecular complexity index is 434. The van der Waals surface area contributed by atoms with E-state index in [9.17, 15) is 30.7 Å². The van der Waals surface area contributed by atoms with Gasteiger partial charge >= 0.3 is 12.1 Å². The summed E-state index contributed by atoms with van der Waals surface area (Å²) < 4.78 is 88.1. The van der Waals surface area contributed by atoms with Gasteiger partial charge in [-0.15, -0.1) is 0 Å². The molecule has 0 aromatic heterocycles. The van der Waals surface area contributed by atoms with Crippen LogP contribution in [0.5, 0.6) is 0 Å². The first kappa shape index (κ1) is 15.2. The lowest BCUT2D eigenvalue weighted by atomic mass is 10.00. The van der Waals surface area contributed by atoms with Crippen LogP contribution in [0.15, 0.2) is 16.6 Å². The molecule has 0 spiro atoms. The highest BCUT2D eigenvalue weighted by molar-refractivity contribution is 9.10. The minimum atomic E-state index is -6.00. The van der Waals surface area contributed by atoms with Crippen molar-refractivity contribution in [1.82, 2.24) is 0 Å². The monoisotopic (exact) mass is 339 g/mol. The van der Waals surface area contributed by atoms with Crippen molar-refractivity contribution in [1.29, 1.82) is 0 Å². The molecule has 0 bridgehead atoms. The summed E-state index contributed by atoms with van der Waals surface area (Å²) in [5.74, 6) is -8.61. The first-order valence-corrected chi connectivity index (χ1v) is 5.12. The van der Waals surface area contributed by atoms with Crippen LogP contribution in [0.1, 0.15) is 11.6 Å². The van der Waals surface area contributed by atoms with E-state index in [1.54, 1.807) is 0 Å². The summed E-state index contributed by atoms with van der Waals surface area (Å²) in [5, 5.41) is 0. The van der Waals surface area contributed by atoms with E-state index in [2.05, 4.69) is 21.7 Å². The summed E-state index contributed by atoms with van der Waals surface area (Å²) in [6, 6.07) is -2.07. The molecule has 0 radical (unpaired) electrons. The lowest BCUT2D eigenvalue weighted by molar-refractivity contribution is -0.291. The van der Waals surface area contributed by atoms with Gasteiger partial charge in [0, 0.05) is 10.0 Å². The average molecular weight is 340 g/mol. The van der Waals surface area contributed by atoms with Crippen LogP contribution in [0.3, 0.4) is 0 Å². The van der Waals surface area contributed by atoms with Crippen LogP contribution >= 0.6 is 15.9 Å². The predicted octanol–water partition coefficient (Wildman–Crippen LogP) is 3.92. The summed E-state index contributed by atoms with van der Waals surface area (Å²) in [5.41, 5.74) is 3.13. The molecule has 1 rings (SSSR count). The largest absolute Gasteiger partial charge is 0.455 e. The molecule has 0 unspecified atom stereocenters. The highest BCUT2D eigenvalue weighted by Crippen LogP contribution is 2.44. The van der Waals surface area contributed by atoms with Crippen LogP contribution in [0.4, 0.5) is 30.7 Å². The molecule has 0 saturated heterocycles. The summed E-state index contributed by atoms with van der Waals surface area (Å²) in [6.07, 6.45) is -6.00. The van der Waals surface area contributed by atoms with Gasteiger partial charge in [0.2, 0.25) is 0 Å². The molecule has 0 heterocycles. The molecule has 102 valence electrons. The van der Waals surface area contributed by atoms with Crippen molar-refractivity contribution in [3.05, 3.63) is 33.8 Å². The highest BCUT2D eigenvalue weighted by atomic mass is 79.9. The Morgan fingerprint density at radius 1 is 1.00 bits per heavy atom. The second-order valence-electron chi connectivity index (χ2n) is 3.38. The fourth-order valence-electron chi connectivity index (χ4n) is 1.21. The predicted molar refractivity (Wildman–Crippen MR) is 52.0 cm³/mol. The normalized spacial score (nSPS) is 14.7. The maximum Gasteiger partial charge on any atom is 0.455 e. The average Bonchev–Trinajstić information content (AvgIpc) is 2.13. The summed E-state index contributed by atoms with van der Waals surface area (Å²) in [6.45, 7) is 0. The number of rotatable bonds is 2. The van der Waals surface area contributed by atoms with Gasteiger partial charge in [-0.2, -0.15) is 22.0 Å². The Morgan fingerprint density at radius 2 is 1.39 bits per heavy atom. The van der Waals surface area contributed by atoms with Crippen LogP contribution in [-0.2, 0) is 0 Å². The fraction of sp³-hybridized carbons (Fsp3) is 0.333. The smallest absolute Gasteiger partial charge is 0.319 e. The fourth-order valence-corrected chi connectivity index (χ4v) is 1.61. The molecular weight excluding hydrogens is 335 g/mol. The molecule has 18 heavy (non-hydrogen) atoms. The molecule has 0 aliphatic rings. The number of alkyl halides is 5. The standard InChI is InChI=1S/C9H5BrF7N/c10-3-1-4(11)6(5(12)2-3)7(18)8(13,14)9(15,16)17/h1-2,7H,18H2/t7-/m1/s1. The van der Waals surface area contributed by atoms with Crippen molar-refractivity contribution in [2.45, 2.75) is 18.1 Å². The molecule has 1 aromatic rings. The Labute approximate surface area is 105 Å². The topological polar surface area (TPSA) is 26.0 Å². The zero-order chi connectivity index (χ0) is 14.3. The zero-order valence-corrected chi connectivity index (χ0v) is 9.92. The van der Waals surface area contributed by atoms with E-state index in [0.717, 1.165) is 0 Å². The Hall–Kier alpha value is -0.830. The molecule has 0 saturated carbocycles. The molecule has 1 aromatic carbocycles. The maximum absolute atomic E-state index is 13.2. The number of hydrogen-bond donors (Lipinski definition) is 1. The second kappa shape index (κ2) is 4.69. The van der Waals surface area contributed by atoms with Gasteiger partial charge in [0.25, 0.3) is 0 Å². The van der Waals surface area contributed by atoms with Crippen molar-refractivity contribution in [3.8, 4) is 0 Å². The molecule has 0 aliphatic heterocycles. The van der Waals surface area contributed by atoms with Gasteiger partial charge in [0.1, 0.15) is 17.7 Å². The Kier molecular flexibility index (Phi) is 3.97. The third-order valence-electron chi connectivity index (χ3n) is 2.12. The molecular formula is C9H5BrF7N. The van der Waals surface area contributed by atoms with Gasteiger partial charge in [0.05, 0.1) is 0 Å². The highest BCUT2D eigenvalue weighted by Gasteiger charge is 2.62. The molecule has 1 nitrogen and oxygen atoms in total. The van der Waals surface area contributed by atoms with Crippen molar-refractivity contribution >= 4 is 15.9 Å². The molecule has 0 fully saturated rings. The second-order valence-corrected chi connectivity index (χ2v) is 4.30. The van der Waals surface area contributed by atoms with Crippen molar-refractivity contribution in [2.24, 2.45) is 5.73 Å². The summed E-state index contributed by atoms with van der Waals surface area (Å²) in [4.78, 5) is 0. The third-order valence-corrected chi connectivity index (χ3v) is 2.58. The first-order valence-electron chi connectivity index (χ1n) is 4.33. The van der Waals surface area contributed by atoms with E-state index in [4.69, 9.17) is 0 Å². The van der Waals surface area contributed by atoms with E-state index in [1.807, 2.05) is 0 Å². The third kappa shape index (κ3) is 2.61. The Balaban J connectivity index is 3.32. The van der Waals surface area contributed by atoms with E-state index in [1.165, 1.54) is 0 Å². The Morgan fingerprint density at radius 3 is 1.72 bits per heavy atom. The maximum atomic E-state index is 13.2. The zero-order valence-electron chi connectivity index (χ0n) is 8.33. The molecule has 9 heteroatoms. The van der Waals surface area contributed by atoms with E-state index < -0.39 is 35.3 Å². The number of halogens is 8. The van der Waals surface area contributed by atoms with Crippen LogP contribution < -0.4 is 5.73 Å². The van der Waals surface area contributed by atoms with E-state index >= 15 is 0 Å². The lowest BCUT2D eigenvalue weighted by Crippen LogP contribution is -2.46. The van der Waals surface area contributed by atoms with Gasteiger partial charge in [-0.3, -0.25) is 0 Å². The number of hydrogen-bond acceptors (Lipinski definition) is 1. The quantitative estimate of drug-likeness (QED) is 0.812. The molecule has 1 atom stereocenters. The molecule has 0 aliphatic carbocycles. The van der Waals surface area contributed by atoms with Crippen LogP contribution in [0, 0.1) is 11.6 Å². The molecule has 2 N–H and O–H groups in total. The van der Waals surface area contributed by atoms with Crippen molar-refractivity contribution in [2.75, 3.05) is 0 Å². The summed E-state index contributed by atoms with van der Waals surface area (Å²) >= 11 is 2.66. The van der Waals surface area contributed by atoms with Crippen LogP contribution in [-0.4, -0.2) is 12.1 Å². The van der Waals surface area contributed by atoms with Gasteiger partial charge in [-0.05, 0) is 12.1 Å². The summed E-state index contributed by atoms with van der Waals surface area (Å²) in [7, 11) is 0. The minimum absolute atomic E-state index is 0.149. The van der Waals surface area contributed by atoms with Crippen LogP contribution in [0.25, 0.3) is 0 Å². The molecule has 0 amide bonds. The first-order chi connectivity index (χ1) is 7.98. The van der Waals surface area contributed by atoms with Crippen molar-refractivity contribution < 1.29 is 30.7 Å². The van der Waals surface area contributed by atoms with Crippen molar-refractivity contribution in [3.63, 3.8) is 0 Å². The van der Waals surface area contributed by atoms with Crippen LogP contribution in [0.2, 0.25) is 0 Å². The van der Waals surface area contributed by atoms with E-state index in [0.29, 0.717) is 12.1 Å². The number of benzene rings is 1. The van der Waals surface area contributed by atoms with Gasteiger partial charge < -0.3 is 5.73 Å². The van der Waals surface area contributed by atoms with Gasteiger partial charge in [-0.1, -0.05) is 15.9 Å². The van der Waals surface area contributed by atoms with Gasteiger partial charge in [-0.25, -0.2) is 8.78 Å². The van der Waals surface area contributed by atoms with E-state index in [-0.39, 0.29) is 4.47 Å². The lowest BCUT2D eigenvalue weighted by Gasteiger charge is -2.26.